The number of rotatable bonds is 13. The summed E-state index contributed by atoms with van der Waals surface area (Å²) in [5.41, 5.74) is 10.9. The van der Waals surface area contributed by atoms with Gasteiger partial charge in [-0.3, -0.25) is 24.5 Å². The molecule has 2 aromatic carbocycles. The summed E-state index contributed by atoms with van der Waals surface area (Å²) >= 11 is 0. The van der Waals surface area contributed by atoms with Crippen molar-refractivity contribution in [2.75, 3.05) is 11.9 Å². The Kier molecular flexibility index (Phi) is 9.63. The van der Waals surface area contributed by atoms with Crippen LogP contribution in [0.25, 0.3) is 32.9 Å². The number of aliphatic carboxylic acids is 2. The maximum Gasteiger partial charge on any atom is 0.317 e. The Labute approximate surface area is 278 Å². The molecule has 6 rings (SSSR count). The van der Waals surface area contributed by atoms with Crippen LogP contribution in [0, 0.1) is 13.8 Å². The molecular weight excluding hydrogens is 604 g/mol. The van der Waals surface area contributed by atoms with Crippen molar-refractivity contribution in [1.82, 2.24) is 25.3 Å². The quantitative estimate of drug-likeness (QED) is 0.106. The molecule has 0 aliphatic rings. The summed E-state index contributed by atoms with van der Waals surface area (Å²) in [4.78, 5) is 40.5. The lowest BCUT2D eigenvalue weighted by molar-refractivity contribution is -0.137. The van der Waals surface area contributed by atoms with Gasteiger partial charge in [0.1, 0.15) is 5.52 Å². The van der Waals surface area contributed by atoms with Gasteiger partial charge in [0, 0.05) is 60.6 Å². The number of pyridine rings is 4. The fraction of sp³-hybridized carbons (Fsp3) is 0.211. The molecule has 0 saturated heterocycles. The fourth-order valence-electron chi connectivity index (χ4n) is 6.02. The van der Waals surface area contributed by atoms with Crippen LogP contribution in [-0.2, 0) is 29.0 Å². The number of nitrogens with one attached hydrogen (secondary N) is 2. The molecule has 242 valence electrons. The number of aromatic nitrogens is 4. The average molecular weight is 641 g/mol. The van der Waals surface area contributed by atoms with E-state index in [9.17, 15) is 9.59 Å². The standard InChI is InChI=1S/C38H36N6O4/c1-23-27(18-33-36-28(12-14-40-33)17-26(21-42-36)19-39-22-35(47)48)7-4-8-30(23)31-9-5-10-32(24(31)2)44-38-37-29(13-15-41-38)16-25(20-43-37)6-3-11-34(45)46/h4-5,7-10,12-17,20-21,39H,3,6,11,18-19,22H2,1-2H3,(H,41,44)(H,45,46)(H,47,48). The molecule has 0 saturated carbocycles. The molecule has 48 heavy (non-hydrogen) atoms. The monoisotopic (exact) mass is 640 g/mol. The average Bonchev–Trinajstić information content (AvgIpc) is 3.06. The Hall–Kier alpha value is -5.74. The molecule has 4 N–H and O–H groups in total. The highest BCUT2D eigenvalue weighted by atomic mass is 16.4. The van der Waals surface area contributed by atoms with Crippen LogP contribution in [0.15, 0.2) is 85.5 Å². The maximum absolute atomic E-state index is 10.9. The van der Waals surface area contributed by atoms with Crippen LogP contribution in [0.1, 0.15) is 46.4 Å². The van der Waals surface area contributed by atoms with Crippen LogP contribution in [0.3, 0.4) is 0 Å². The van der Waals surface area contributed by atoms with Gasteiger partial charge in [-0.1, -0.05) is 30.3 Å². The molecule has 0 amide bonds. The summed E-state index contributed by atoms with van der Waals surface area (Å²) in [6, 6.07) is 20.5. The molecule has 0 fully saturated rings. The molecule has 0 aliphatic carbocycles. The zero-order valence-corrected chi connectivity index (χ0v) is 26.8. The van der Waals surface area contributed by atoms with Crippen molar-refractivity contribution in [2.24, 2.45) is 0 Å². The molecule has 0 aliphatic heterocycles. The second-order valence-corrected chi connectivity index (χ2v) is 11.9. The van der Waals surface area contributed by atoms with Crippen molar-refractivity contribution in [3.63, 3.8) is 0 Å². The summed E-state index contributed by atoms with van der Waals surface area (Å²) in [6.45, 7) is 4.55. The number of carboxylic acids is 2. The van der Waals surface area contributed by atoms with Gasteiger partial charge in [0.2, 0.25) is 0 Å². The third-order valence-electron chi connectivity index (χ3n) is 8.53. The highest BCUT2D eigenvalue weighted by Gasteiger charge is 2.15. The number of hydrogen-bond acceptors (Lipinski definition) is 8. The number of benzene rings is 2. The molecule has 6 aromatic rings. The van der Waals surface area contributed by atoms with E-state index in [2.05, 4.69) is 63.7 Å². The SMILES string of the molecule is Cc1c(Cc2nccc3cc(CNCC(=O)O)cnc23)cccc1-c1cccc(Nc2nccc3cc(CCCC(=O)O)cnc23)c1C. The normalized spacial score (nSPS) is 11.2. The summed E-state index contributed by atoms with van der Waals surface area (Å²) in [5, 5.41) is 26.2. The largest absolute Gasteiger partial charge is 0.481 e. The van der Waals surface area contributed by atoms with E-state index in [0.29, 0.717) is 31.6 Å². The van der Waals surface area contributed by atoms with Gasteiger partial charge in [-0.15, -0.1) is 0 Å². The van der Waals surface area contributed by atoms with Crippen molar-refractivity contribution in [3.05, 3.63) is 119 Å². The Bertz CT molecular complexity index is 2000. The van der Waals surface area contributed by atoms with Crippen molar-refractivity contribution in [3.8, 4) is 11.1 Å². The zero-order chi connectivity index (χ0) is 33.6. The van der Waals surface area contributed by atoms with E-state index in [-0.39, 0.29) is 13.0 Å². The number of carbonyl (C=O) groups is 2. The first kappa shape index (κ1) is 32.2. The maximum atomic E-state index is 10.9. The molecule has 0 bridgehead atoms. The van der Waals surface area contributed by atoms with Crippen LogP contribution in [0.5, 0.6) is 0 Å². The van der Waals surface area contributed by atoms with E-state index in [1.165, 1.54) is 0 Å². The van der Waals surface area contributed by atoms with Crippen LogP contribution in [0.4, 0.5) is 11.5 Å². The lowest BCUT2D eigenvalue weighted by atomic mass is 9.91. The minimum atomic E-state index is -0.896. The Morgan fingerprint density at radius 3 is 2.23 bits per heavy atom. The second kappa shape index (κ2) is 14.4. The smallest absolute Gasteiger partial charge is 0.317 e. The summed E-state index contributed by atoms with van der Waals surface area (Å²) in [6.07, 6.45) is 9.09. The molecule has 0 atom stereocenters. The lowest BCUT2D eigenvalue weighted by Gasteiger charge is -2.17. The van der Waals surface area contributed by atoms with Gasteiger partial charge in [0.25, 0.3) is 0 Å². The number of aryl methyl sites for hydroxylation is 1. The molecule has 10 nitrogen and oxygen atoms in total. The predicted molar refractivity (Wildman–Crippen MR) is 186 cm³/mol. The van der Waals surface area contributed by atoms with Crippen LogP contribution < -0.4 is 10.6 Å². The summed E-state index contributed by atoms with van der Waals surface area (Å²) in [5.74, 6) is -1.03. The number of carboxylic acid groups (broad SMARTS) is 2. The third kappa shape index (κ3) is 7.29. The van der Waals surface area contributed by atoms with E-state index >= 15 is 0 Å². The lowest BCUT2D eigenvalue weighted by Crippen LogP contribution is -2.21. The van der Waals surface area contributed by atoms with Gasteiger partial charge in [-0.2, -0.15) is 0 Å². The molecule has 0 spiro atoms. The van der Waals surface area contributed by atoms with Gasteiger partial charge in [-0.05, 0) is 96.0 Å². The van der Waals surface area contributed by atoms with Crippen molar-refractivity contribution >= 4 is 45.2 Å². The fourth-order valence-corrected chi connectivity index (χ4v) is 6.02. The first-order valence-corrected chi connectivity index (χ1v) is 15.8. The van der Waals surface area contributed by atoms with E-state index in [4.69, 9.17) is 15.2 Å². The molecule has 0 unspecified atom stereocenters. The Balaban J connectivity index is 1.24. The first-order chi connectivity index (χ1) is 23.3. The van der Waals surface area contributed by atoms with Crippen LogP contribution >= 0.6 is 0 Å². The van der Waals surface area contributed by atoms with Crippen molar-refractivity contribution < 1.29 is 19.8 Å². The van der Waals surface area contributed by atoms with Crippen LogP contribution in [0.2, 0.25) is 0 Å². The number of hydrogen-bond donors (Lipinski definition) is 4. The van der Waals surface area contributed by atoms with E-state index in [0.717, 1.165) is 72.1 Å². The number of fused-ring (bicyclic) bond motifs is 2. The number of anilines is 2. The van der Waals surface area contributed by atoms with Crippen LogP contribution in [-0.4, -0.2) is 48.6 Å². The topological polar surface area (TPSA) is 150 Å². The Morgan fingerprint density at radius 1 is 0.750 bits per heavy atom. The highest BCUT2D eigenvalue weighted by Crippen LogP contribution is 2.35. The molecule has 0 radical (unpaired) electrons. The van der Waals surface area contributed by atoms with Crippen molar-refractivity contribution in [1.29, 1.82) is 0 Å². The number of nitrogens with zero attached hydrogens (tertiary/aromatic N) is 4. The Morgan fingerprint density at radius 2 is 1.44 bits per heavy atom. The van der Waals surface area contributed by atoms with Gasteiger partial charge >= 0.3 is 11.9 Å². The van der Waals surface area contributed by atoms with E-state index in [1.54, 1.807) is 24.8 Å². The summed E-state index contributed by atoms with van der Waals surface area (Å²) < 4.78 is 0. The van der Waals surface area contributed by atoms with E-state index < -0.39 is 11.9 Å². The minimum Gasteiger partial charge on any atom is -0.481 e. The second-order valence-electron chi connectivity index (χ2n) is 11.9. The van der Waals surface area contributed by atoms with Gasteiger partial charge in [0.15, 0.2) is 5.82 Å². The molecule has 10 heteroatoms. The van der Waals surface area contributed by atoms with Gasteiger partial charge in [-0.25, -0.2) is 4.98 Å². The predicted octanol–water partition coefficient (Wildman–Crippen LogP) is 6.77. The first-order valence-electron chi connectivity index (χ1n) is 15.8. The highest BCUT2D eigenvalue weighted by molar-refractivity contribution is 5.91. The van der Waals surface area contributed by atoms with E-state index in [1.807, 2.05) is 36.4 Å². The molecular formula is C38H36N6O4. The van der Waals surface area contributed by atoms with Gasteiger partial charge < -0.3 is 20.8 Å². The third-order valence-corrected chi connectivity index (χ3v) is 8.53. The summed E-state index contributed by atoms with van der Waals surface area (Å²) in [7, 11) is 0. The molecule has 4 aromatic heterocycles. The van der Waals surface area contributed by atoms with Crippen molar-refractivity contribution in [2.45, 2.75) is 46.1 Å². The van der Waals surface area contributed by atoms with Gasteiger partial charge in [0.05, 0.1) is 17.8 Å². The molecule has 4 heterocycles. The zero-order valence-electron chi connectivity index (χ0n) is 26.8. The minimum absolute atomic E-state index is 0.107.